The van der Waals surface area contributed by atoms with Gasteiger partial charge in [0.1, 0.15) is 6.61 Å². The SMILES string of the molecule is COc1cc(CNC(C)C)cc(Cl)c1OCc1cccc(C)c1. The van der Waals surface area contributed by atoms with E-state index in [0.717, 1.165) is 17.7 Å². The molecular weight excluding hydrogens is 310 g/mol. The van der Waals surface area contributed by atoms with Crippen molar-refractivity contribution in [3.8, 4) is 11.5 Å². The van der Waals surface area contributed by atoms with E-state index in [1.54, 1.807) is 7.11 Å². The summed E-state index contributed by atoms with van der Waals surface area (Å²) >= 11 is 6.39. The minimum atomic E-state index is 0.414. The molecule has 0 bridgehead atoms. The third kappa shape index (κ3) is 5.15. The zero-order chi connectivity index (χ0) is 16.8. The predicted molar refractivity (Wildman–Crippen MR) is 95.5 cm³/mol. The molecule has 0 aliphatic rings. The van der Waals surface area contributed by atoms with Gasteiger partial charge in [-0.3, -0.25) is 0 Å². The monoisotopic (exact) mass is 333 g/mol. The van der Waals surface area contributed by atoms with Crippen LogP contribution in [0.1, 0.15) is 30.5 Å². The van der Waals surface area contributed by atoms with Crippen molar-refractivity contribution in [2.24, 2.45) is 0 Å². The van der Waals surface area contributed by atoms with Crippen LogP contribution < -0.4 is 14.8 Å². The Hall–Kier alpha value is -1.71. The molecule has 4 heteroatoms. The molecule has 0 unspecified atom stereocenters. The van der Waals surface area contributed by atoms with Crippen molar-refractivity contribution in [1.29, 1.82) is 0 Å². The summed E-state index contributed by atoms with van der Waals surface area (Å²) in [5, 5.41) is 3.94. The number of hydrogen-bond acceptors (Lipinski definition) is 3. The molecule has 0 amide bonds. The van der Waals surface area contributed by atoms with E-state index in [9.17, 15) is 0 Å². The van der Waals surface area contributed by atoms with Crippen molar-refractivity contribution >= 4 is 11.6 Å². The van der Waals surface area contributed by atoms with Crippen molar-refractivity contribution in [1.82, 2.24) is 5.32 Å². The summed E-state index contributed by atoms with van der Waals surface area (Å²) in [5.74, 6) is 1.25. The van der Waals surface area contributed by atoms with E-state index < -0.39 is 0 Å². The lowest BCUT2D eigenvalue weighted by Gasteiger charge is -2.15. The highest BCUT2D eigenvalue weighted by Gasteiger charge is 2.12. The van der Waals surface area contributed by atoms with Gasteiger partial charge >= 0.3 is 0 Å². The summed E-state index contributed by atoms with van der Waals surface area (Å²) in [7, 11) is 1.63. The van der Waals surface area contributed by atoms with Crippen molar-refractivity contribution in [3.63, 3.8) is 0 Å². The van der Waals surface area contributed by atoms with Gasteiger partial charge in [0.05, 0.1) is 12.1 Å². The molecule has 0 radical (unpaired) electrons. The van der Waals surface area contributed by atoms with Crippen LogP contribution in [0.3, 0.4) is 0 Å². The Bertz CT molecular complexity index is 656. The number of halogens is 1. The second kappa shape index (κ2) is 8.23. The highest BCUT2D eigenvalue weighted by atomic mass is 35.5. The van der Waals surface area contributed by atoms with Gasteiger partial charge in [0.25, 0.3) is 0 Å². The van der Waals surface area contributed by atoms with Crippen LogP contribution in [0.5, 0.6) is 11.5 Å². The number of ether oxygens (including phenoxy) is 2. The number of nitrogens with one attached hydrogen (secondary N) is 1. The molecule has 3 nitrogen and oxygen atoms in total. The van der Waals surface area contributed by atoms with Gasteiger partial charge in [-0.05, 0) is 30.2 Å². The molecule has 0 saturated carbocycles. The molecule has 124 valence electrons. The van der Waals surface area contributed by atoms with Crippen LogP contribution in [-0.4, -0.2) is 13.2 Å². The standard InChI is InChI=1S/C19H24ClNO2/c1-13(2)21-11-16-9-17(20)19(18(10-16)22-4)23-12-15-7-5-6-14(3)8-15/h5-10,13,21H,11-12H2,1-4H3. The molecule has 0 saturated heterocycles. The first-order valence-electron chi connectivity index (χ1n) is 7.77. The van der Waals surface area contributed by atoms with Crippen LogP contribution >= 0.6 is 11.6 Å². The minimum Gasteiger partial charge on any atom is -0.493 e. The molecule has 0 aliphatic heterocycles. The first-order valence-corrected chi connectivity index (χ1v) is 8.15. The summed E-state index contributed by atoms with van der Waals surface area (Å²) in [4.78, 5) is 0. The largest absolute Gasteiger partial charge is 0.493 e. The van der Waals surface area contributed by atoms with E-state index >= 15 is 0 Å². The maximum absolute atomic E-state index is 6.39. The minimum absolute atomic E-state index is 0.414. The fourth-order valence-electron chi connectivity index (χ4n) is 2.29. The van der Waals surface area contributed by atoms with Crippen LogP contribution in [0.4, 0.5) is 0 Å². The maximum atomic E-state index is 6.39. The highest BCUT2D eigenvalue weighted by molar-refractivity contribution is 6.32. The molecule has 2 aromatic rings. The van der Waals surface area contributed by atoms with Gasteiger partial charge in [0.15, 0.2) is 11.5 Å². The second-order valence-electron chi connectivity index (χ2n) is 5.92. The molecule has 0 atom stereocenters. The third-order valence-corrected chi connectivity index (χ3v) is 3.75. The molecule has 0 aromatic heterocycles. The van der Waals surface area contributed by atoms with Crippen LogP contribution in [0.25, 0.3) is 0 Å². The van der Waals surface area contributed by atoms with Gasteiger partial charge in [-0.15, -0.1) is 0 Å². The lowest BCUT2D eigenvalue weighted by Crippen LogP contribution is -2.21. The van der Waals surface area contributed by atoms with Crippen LogP contribution in [-0.2, 0) is 13.2 Å². The number of methoxy groups -OCH3 is 1. The Labute approximate surface area is 143 Å². The number of aryl methyl sites for hydroxylation is 1. The van der Waals surface area contributed by atoms with E-state index in [1.807, 2.05) is 24.3 Å². The van der Waals surface area contributed by atoms with Gasteiger partial charge < -0.3 is 14.8 Å². The fourth-order valence-corrected chi connectivity index (χ4v) is 2.58. The first kappa shape index (κ1) is 17.6. The smallest absolute Gasteiger partial charge is 0.180 e. The summed E-state index contributed by atoms with van der Waals surface area (Å²) < 4.78 is 11.4. The van der Waals surface area contributed by atoms with Crippen LogP contribution in [0, 0.1) is 6.92 Å². The number of rotatable bonds is 7. The molecule has 0 fully saturated rings. The van der Waals surface area contributed by atoms with Crippen molar-refractivity contribution < 1.29 is 9.47 Å². The predicted octanol–water partition coefficient (Wildman–Crippen LogP) is 4.73. The first-order chi connectivity index (χ1) is 11.0. The lowest BCUT2D eigenvalue weighted by molar-refractivity contribution is 0.284. The molecule has 2 aromatic carbocycles. The molecule has 1 N–H and O–H groups in total. The van der Waals surface area contributed by atoms with Crippen molar-refractivity contribution in [3.05, 3.63) is 58.1 Å². The lowest BCUT2D eigenvalue weighted by atomic mass is 10.1. The molecule has 2 rings (SSSR count). The molecule has 0 aliphatic carbocycles. The van der Waals surface area contributed by atoms with E-state index in [0.29, 0.717) is 29.2 Å². The van der Waals surface area contributed by atoms with Crippen LogP contribution in [0.2, 0.25) is 5.02 Å². The van der Waals surface area contributed by atoms with Gasteiger partial charge in [-0.1, -0.05) is 55.3 Å². The third-order valence-electron chi connectivity index (χ3n) is 3.47. The summed E-state index contributed by atoms with van der Waals surface area (Å²) in [6, 6.07) is 12.5. The quantitative estimate of drug-likeness (QED) is 0.794. The van der Waals surface area contributed by atoms with E-state index in [2.05, 4.69) is 38.2 Å². The fraction of sp³-hybridized carbons (Fsp3) is 0.368. The van der Waals surface area contributed by atoms with Gasteiger partial charge in [0.2, 0.25) is 0 Å². The van der Waals surface area contributed by atoms with Gasteiger partial charge in [-0.2, -0.15) is 0 Å². The van der Waals surface area contributed by atoms with E-state index in [-0.39, 0.29) is 0 Å². The maximum Gasteiger partial charge on any atom is 0.180 e. The molecule has 23 heavy (non-hydrogen) atoms. The Morgan fingerprint density at radius 2 is 1.91 bits per heavy atom. The summed E-state index contributed by atoms with van der Waals surface area (Å²) in [6.45, 7) is 7.48. The number of hydrogen-bond donors (Lipinski definition) is 1. The van der Waals surface area contributed by atoms with E-state index in [1.165, 1.54) is 5.56 Å². The van der Waals surface area contributed by atoms with E-state index in [4.69, 9.17) is 21.1 Å². The Balaban J connectivity index is 2.14. The average Bonchev–Trinajstić information content (AvgIpc) is 2.51. The van der Waals surface area contributed by atoms with Crippen molar-refractivity contribution in [2.75, 3.05) is 7.11 Å². The zero-order valence-corrected chi connectivity index (χ0v) is 14.9. The van der Waals surface area contributed by atoms with Gasteiger partial charge in [-0.25, -0.2) is 0 Å². The summed E-state index contributed by atoms with van der Waals surface area (Å²) in [6.07, 6.45) is 0. The van der Waals surface area contributed by atoms with Gasteiger partial charge in [0, 0.05) is 12.6 Å². The van der Waals surface area contributed by atoms with Crippen molar-refractivity contribution in [2.45, 2.75) is 40.0 Å². The average molecular weight is 334 g/mol. The topological polar surface area (TPSA) is 30.5 Å². The Morgan fingerprint density at radius 1 is 1.13 bits per heavy atom. The molecule has 0 spiro atoms. The molecular formula is C19H24ClNO2. The summed E-state index contributed by atoms with van der Waals surface area (Å²) in [5.41, 5.74) is 3.39. The zero-order valence-electron chi connectivity index (χ0n) is 14.2. The van der Waals surface area contributed by atoms with Crippen LogP contribution in [0.15, 0.2) is 36.4 Å². The Morgan fingerprint density at radius 3 is 2.57 bits per heavy atom. The second-order valence-corrected chi connectivity index (χ2v) is 6.33. The normalized spacial score (nSPS) is 10.9. The highest BCUT2D eigenvalue weighted by Crippen LogP contribution is 2.37. The number of benzene rings is 2. The Kier molecular flexibility index (Phi) is 6.31. The molecule has 0 heterocycles.